The number of rotatable bonds is 8. The predicted octanol–water partition coefficient (Wildman–Crippen LogP) is 4.28. The van der Waals surface area contributed by atoms with E-state index in [0.717, 1.165) is 22.6 Å². The molecule has 2 aromatic rings. The number of aryl methyl sites for hydroxylation is 1. The number of ether oxygens (including phenoxy) is 2. The summed E-state index contributed by atoms with van der Waals surface area (Å²) < 4.78 is 11.8. The Morgan fingerprint density at radius 2 is 1.86 bits per heavy atom. The SMILES string of the molecule is Cc1ccc(C(C)(C)C)c(OCCOc2cccc(CNC(=O)CC#N)c2)c1. The Kier molecular flexibility index (Phi) is 7.45. The van der Waals surface area contributed by atoms with Crippen LogP contribution in [0.4, 0.5) is 0 Å². The van der Waals surface area contributed by atoms with E-state index in [1.807, 2.05) is 30.3 Å². The molecule has 0 heterocycles. The molecule has 148 valence electrons. The van der Waals surface area contributed by atoms with Gasteiger partial charge in [-0.3, -0.25) is 4.79 Å². The molecule has 0 fully saturated rings. The summed E-state index contributed by atoms with van der Waals surface area (Å²) in [6.07, 6.45) is -0.136. The first-order chi connectivity index (χ1) is 13.3. The summed E-state index contributed by atoms with van der Waals surface area (Å²) in [4.78, 5) is 11.4. The molecule has 0 aliphatic rings. The Balaban J connectivity index is 1.88. The van der Waals surface area contributed by atoms with Gasteiger partial charge in [0.2, 0.25) is 5.91 Å². The van der Waals surface area contributed by atoms with Gasteiger partial charge in [-0.2, -0.15) is 5.26 Å². The maximum Gasteiger partial charge on any atom is 0.234 e. The Morgan fingerprint density at radius 1 is 1.11 bits per heavy atom. The average molecular weight is 380 g/mol. The Bertz CT molecular complexity index is 848. The molecule has 2 rings (SSSR count). The van der Waals surface area contributed by atoms with E-state index in [0.29, 0.717) is 19.8 Å². The van der Waals surface area contributed by atoms with Gasteiger partial charge in [0, 0.05) is 6.54 Å². The van der Waals surface area contributed by atoms with E-state index in [4.69, 9.17) is 14.7 Å². The molecule has 0 aliphatic heterocycles. The lowest BCUT2D eigenvalue weighted by atomic mass is 9.86. The van der Waals surface area contributed by atoms with Crippen LogP contribution in [0.3, 0.4) is 0 Å². The van der Waals surface area contributed by atoms with Crippen LogP contribution in [-0.4, -0.2) is 19.1 Å². The molecule has 0 radical (unpaired) electrons. The van der Waals surface area contributed by atoms with E-state index in [2.05, 4.69) is 51.2 Å². The number of nitrogens with one attached hydrogen (secondary N) is 1. The van der Waals surface area contributed by atoms with Crippen molar-refractivity contribution in [2.45, 2.75) is 46.1 Å². The van der Waals surface area contributed by atoms with Crippen molar-refractivity contribution < 1.29 is 14.3 Å². The summed E-state index contributed by atoms with van der Waals surface area (Å²) >= 11 is 0. The number of carbonyl (C=O) groups excluding carboxylic acids is 1. The molecule has 5 heteroatoms. The van der Waals surface area contributed by atoms with E-state index < -0.39 is 0 Å². The third kappa shape index (κ3) is 6.62. The predicted molar refractivity (Wildman–Crippen MR) is 109 cm³/mol. The van der Waals surface area contributed by atoms with E-state index in [1.165, 1.54) is 5.56 Å². The largest absolute Gasteiger partial charge is 0.490 e. The van der Waals surface area contributed by atoms with Crippen molar-refractivity contribution in [2.24, 2.45) is 0 Å². The first-order valence-electron chi connectivity index (χ1n) is 9.39. The fourth-order valence-electron chi connectivity index (χ4n) is 2.76. The second-order valence-corrected chi connectivity index (χ2v) is 7.71. The molecule has 1 amide bonds. The van der Waals surface area contributed by atoms with Crippen molar-refractivity contribution in [3.05, 3.63) is 59.2 Å². The summed E-state index contributed by atoms with van der Waals surface area (Å²) in [5, 5.41) is 11.2. The second-order valence-electron chi connectivity index (χ2n) is 7.71. The van der Waals surface area contributed by atoms with Crippen LogP contribution in [-0.2, 0) is 16.8 Å². The summed E-state index contributed by atoms with van der Waals surface area (Å²) in [6.45, 7) is 9.78. The maximum atomic E-state index is 11.4. The zero-order valence-corrected chi connectivity index (χ0v) is 17.0. The summed E-state index contributed by atoms with van der Waals surface area (Å²) in [5.74, 6) is 1.33. The monoisotopic (exact) mass is 380 g/mol. The highest BCUT2D eigenvalue weighted by atomic mass is 16.5. The molecular weight excluding hydrogens is 352 g/mol. The topological polar surface area (TPSA) is 71.3 Å². The van der Waals surface area contributed by atoms with Gasteiger partial charge in [0.15, 0.2) is 0 Å². The highest BCUT2D eigenvalue weighted by molar-refractivity contribution is 5.77. The molecule has 0 spiro atoms. The van der Waals surface area contributed by atoms with Crippen LogP contribution < -0.4 is 14.8 Å². The van der Waals surface area contributed by atoms with Crippen molar-refractivity contribution in [1.82, 2.24) is 5.32 Å². The van der Waals surface area contributed by atoms with Gasteiger partial charge in [-0.1, -0.05) is 45.0 Å². The van der Waals surface area contributed by atoms with Crippen molar-refractivity contribution >= 4 is 5.91 Å². The number of nitriles is 1. The first-order valence-corrected chi connectivity index (χ1v) is 9.39. The van der Waals surface area contributed by atoms with Gasteiger partial charge in [-0.05, 0) is 47.2 Å². The molecule has 1 N–H and O–H groups in total. The minimum atomic E-state index is -0.282. The lowest BCUT2D eigenvalue weighted by Crippen LogP contribution is -2.21. The zero-order valence-electron chi connectivity index (χ0n) is 17.0. The third-order valence-electron chi connectivity index (χ3n) is 4.18. The third-order valence-corrected chi connectivity index (χ3v) is 4.18. The van der Waals surface area contributed by atoms with E-state index >= 15 is 0 Å². The number of benzene rings is 2. The van der Waals surface area contributed by atoms with Gasteiger partial charge in [-0.15, -0.1) is 0 Å². The first kappa shape index (κ1) is 21.3. The lowest BCUT2D eigenvalue weighted by molar-refractivity contribution is -0.120. The minimum absolute atomic E-state index is 0.00814. The number of hydrogen-bond donors (Lipinski definition) is 1. The molecule has 0 bridgehead atoms. The van der Waals surface area contributed by atoms with Gasteiger partial charge in [-0.25, -0.2) is 0 Å². The molecule has 5 nitrogen and oxygen atoms in total. The quantitative estimate of drug-likeness (QED) is 0.694. The van der Waals surface area contributed by atoms with Crippen molar-refractivity contribution in [3.8, 4) is 17.6 Å². The van der Waals surface area contributed by atoms with Crippen molar-refractivity contribution in [1.29, 1.82) is 5.26 Å². The van der Waals surface area contributed by atoms with Crippen LogP contribution in [0.15, 0.2) is 42.5 Å². The van der Waals surface area contributed by atoms with Crippen LogP contribution in [0.2, 0.25) is 0 Å². The number of nitrogens with zero attached hydrogens (tertiary/aromatic N) is 1. The fourth-order valence-corrected chi connectivity index (χ4v) is 2.76. The average Bonchev–Trinajstić information content (AvgIpc) is 2.63. The molecule has 0 aliphatic carbocycles. The van der Waals surface area contributed by atoms with Crippen LogP contribution >= 0.6 is 0 Å². The molecule has 0 saturated carbocycles. The van der Waals surface area contributed by atoms with Crippen LogP contribution in [0, 0.1) is 18.3 Å². The van der Waals surface area contributed by atoms with Crippen LogP contribution in [0.5, 0.6) is 11.5 Å². The normalized spacial score (nSPS) is 10.8. The molecule has 2 aromatic carbocycles. The zero-order chi connectivity index (χ0) is 20.6. The van der Waals surface area contributed by atoms with Gasteiger partial charge in [0.05, 0.1) is 6.07 Å². The van der Waals surface area contributed by atoms with E-state index in [1.54, 1.807) is 0 Å². The smallest absolute Gasteiger partial charge is 0.234 e. The van der Waals surface area contributed by atoms with E-state index in [-0.39, 0.29) is 17.7 Å². The Hall–Kier alpha value is -3.00. The Morgan fingerprint density at radius 3 is 2.57 bits per heavy atom. The molecule has 0 aromatic heterocycles. The van der Waals surface area contributed by atoms with Crippen molar-refractivity contribution in [3.63, 3.8) is 0 Å². The van der Waals surface area contributed by atoms with Gasteiger partial charge in [0.25, 0.3) is 0 Å². The number of amides is 1. The van der Waals surface area contributed by atoms with Gasteiger partial charge in [0.1, 0.15) is 31.1 Å². The van der Waals surface area contributed by atoms with E-state index in [9.17, 15) is 4.79 Å². The molecule has 28 heavy (non-hydrogen) atoms. The van der Waals surface area contributed by atoms with Crippen LogP contribution in [0.1, 0.15) is 43.9 Å². The Labute approximate surface area is 167 Å². The molecule has 0 atom stereocenters. The van der Waals surface area contributed by atoms with Gasteiger partial charge >= 0.3 is 0 Å². The maximum absolute atomic E-state index is 11.4. The highest BCUT2D eigenvalue weighted by Crippen LogP contribution is 2.32. The van der Waals surface area contributed by atoms with Crippen molar-refractivity contribution in [2.75, 3.05) is 13.2 Å². The number of carbonyl (C=O) groups is 1. The highest BCUT2D eigenvalue weighted by Gasteiger charge is 2.18. The summed E-state index contributed by atoms with van der Waals surface area (Å²) in [6, 6.07) is 15.6. The lowest BCUT2D eigenvalue weighted by Gasteiger charge is -2.23. The minimum Gasteiger partial charge on any atom is -0.490 e. The summed E-state index contributed by atoms with van der Waals surface area (Å²) in [7, 11) is 0. The summed E-state index contributed by atoms with van der Waals surface area (Å²) in [5.41, 5.74) is 3.26. The fraction of sp³-hybridized carbons (Fsp3) is 0.391. The van der Waals surface area contributed by atoms with Gasteiger partial charge < -0.3 is 14.8 Å². The molecular formula is C23H28N2O3. The standard InChI is InChI=1S/C23H28N2O3/c1-17-8-9-20(23(2,3)4)21(14-17)28-13-12-27-19-7-5-6-18(15-19)16-25-22(26)10-11-24/h5-9,14-15H,10,12-13,16H2,1-4H3,(H,25,26). The number of hydrogen-bond acceptors (Lipinski definition) is 4. The van der Waals surface area contributed by atoms with Crippen LogP contribution in [0.25, 0.3) is 0 Å². The molecule has 0 saturated heterocycles. The molecule has 0 unspecified atom stereocenters. The second kappa shape index (κ2) is 9.80.